The van der Waals surface area contributed by atoms with Gasteiger partial charge in [0.1, 0.15) is 5.75 Å². The molecule has 0 aromatic heterocycles. The van der Waals surface area contributed by atoms with E-state index < -0.39 is 0 Å². The molecule has 0 spiro atoms. The number of hydrogen-bond acceptors (Lipinski definition) is 3. The van der Waals surface area contributed by atoms with Crippen LogP contribution in [0.4, 0.5) is 0 Å². The number of nitrogens with zero attached hydrogens (tertiary/aromatic N) is 1. The molecule has 1 rings (SSSR count). The average Bonchev–Trinajstić information content (AvgIpc) is 2.36. The second-order valence-corrected chi connectivity index (χ2v) is 4.94. The van der Waals surface area contributed by atoms with E-state index in [0.29, 0.717) is 19.5 Å². The molecule has 0 aliphatic heterocycles. The summed E-state index contributed by atoms with van der Waals surface area (Å²) in [4.78, 5) is 13.5. The molecule has 1 aromatic carbocycles. The maximum absolute atomic E-state index is 11.8. The van der Waals surface area contributed by atoms with Crippen LogP contribution in [0.5, 0.6) is 5.75 Å². The van der Waals surface area contributed by atoms with Crippen LogP contribution in [0.25, 0.3) is 0 Å². The van der Waals surface area contributed by atoms with Crippen LogP contribution in [0.15, 0.2) is 6.07 Å². The van der Waals surface area contributed by atoms with Crippen molar-refractivity contribution in [3.63, 3.8) is 0 Å². The fourth-order valence-electron chi connectivity index (χ4n) is 2.22. The van der Waals surface area contributed by atoms with Crippen LogP contribution < -0.4 is 10.5 Å². The predicted molar refractivity (Wildman–Crippen MR) is 77.4 cm³/mol. The monoisotopic (exact) mass is 264 g/mol. The average molecular weight is 264 g/mol. The van der Waals surface area contributed by atoms with E-state index in [2.05, 4.69) is 13.0 Å². The molecule has 0 aliphatic rings. The van der Waals surface area contributed by atoms with Gasteiger partial charge in [-0.15, -0.1) is 0 Å². The zero-order valence-electron chi connectivity index (χ0n) is 12.5. The highest BCUT2D eigenvalue weighted by atomic mass is 16.5. The maximum Gasteiger partial charge on any atom is 0.223 e. The van der Waals surface area contributed by atoms with Gasteiger partial charge in [0.05, 0.1) is 7.11 Å². The lowest BCUT2D eigenvalue weighted by atomic mass is 9.98. The Morgan fingerprint density at radius 3 is 2.47 bits per heavy atom. The molecule has 0 saturated heterocycles. The summed E-state index contributed by atoms with van der Waals surface area (Å²) in [6, 6.07) is 2.13. The van der Waals surface area contributed by atoms with E-state index in [1.807, 2.05) is 13.8 Å². The van der Waals surface area contributed by atoms with Gasteiger partial charge in [-0.2, -0.15) is 0 Å². The first-order chi connectivity index (χ1) is 8.92. The van der Waals surface area contributed by atoms with E-state index in [1.54, 1.807) is 19.1 Å². The fraction of sp³-hybridized carbons (Fsp3) is 0.533. The number of methoxy groups -OCH3 is 1. The molecular formula is C15H24N2O2. The number of amides is 1. The highest BCUT2D eigenvalue weighted by Gasteiger charge is 2.16. The van der Waals surface area contributed by atoms with E-state index in [9.17, 15) is 4.79 Å². The number of nitrogens with two attached hydrogens (primary N) is 1. The van der Waals surface area contributed by atoms with Crippen LogP contribution in [-0.2, 0) is 11.3 Å². The van der Waals surface area contributed by atoms with Crippen LogP contribution in [0.3, 0.4) is 0 Å². The molecule has 19 heavy (non-hydrogen) atoms. The number of rotatable bonds is 5. The van der Waals surface area contributed by atoms with Crippen molar-refractivity contribution in [2.24, 2.45) is 5.73 Å². The van der Waals surface area contributed by atoms with Gasteiger partial charge in [-0.25, -0.2) is 0 Å². The lowest BCUT2D eigenvalue weighted by Gasteiger charge is -2.22. The fourth-order valence-corrected chi connectivity index (χ4v) is 2.22. The van der Waals surface area contributed by atoms with Crippen LogP contribution in [0.1, 0.15) is 28.7 Å². The summed E-state index contributed by atoms with van der Waals surface area (Å²) in [7, 11) is 3.47. The zero-order chi connectivity index (χ0) is 14.6. The summed E-state index contributed by atoms with van der Waals surface area (Å²) < 4.78 is 5.52. The molecule has 4 heteroatoms. The lowest BCUT2D eigenvalue weighted by molar-refractivity contribution is -0.130. The topological polar surface area (TPSA) is 55.6 Å². The normalized spacial score (nSPS) is 10.4. The van der Waals surface area contributed by atoms with E-state index in [-0.39, 0.29) is 5.91 Å². The smallest absolute Gasteiger partial charge is 0.223 e. The molecule has 0 saturated carbocycles. The first-order valence-corrected chi connectivity index (χ1v) is 6.50. The van der Waals surface area contributed by atoms with Crippen molar-refractivity contribution in [2.75, 3.05) is 20.7 Å². The molecule has 0 radical (unpaired) electrons. The Morgan fingerprint density at radius 2 is 1.95 bits per heavy atom. The van der Waals surface area contributed by atoms with E-state index in [0.717, 1.165) is 22.4 Å². The van der Waals surface area contributed by atoms with Gasteiger partial charge in [-0.1, -0.05) is 6.07 Å². The number of ether oxygens (including phenoxy) is 1. The van der Waals surface area contributed by atoms with Gasteiger partial charge >= 0.3 is 0 Å². The Morgan fingerprint density at radius 1 is 1.32 bits per heavy atom. The molecular weight excluding hydrogens is 240 g/mol. The number of carbonyl (C=O) groups excluding carboxylic acids is 1. The van der Waals surface area contributed by atoms with Crippen LogP contribution in [0.2, 0.25) is 0 Å². The van der Waals surface area contributed by atoms with Crippen LogP contribution >= 0.6 is 0 Å². The third-order valence-electron chi connectivity index (χ3n) is 3.50. The molecule has 1 aromatic rings. The van der Waals surface area contributed by atoms with Crippen molar-refractivity contribution in [1.29, 1.82) is 0 Å². The first-order valence-electron chi connectivity index (χ1n) is 6.50. The van der Waals surface area contributed by atoms with E-state index >= 15 is 0 Å². The Bertz CT molecular complexity index is 470. The van der Waals surface area contributed by atoms with E-state index in [4.69, 9.17) is 10.5 Å². The molecule has 0 heterocycles. The number of aryl methyl sites for hydroxylation is 2. The zero-order valence-corrected chi connectivity index (χ0v) is 12.5. The van der Waals surface area contributed by atoms with Crippen molar-refractivity contribution >= 4 is 5.91 Å². The highest BCUT2D eigenvalue weighted by Crippen LogP contribution is 2.30. The molecule has 0 aliphatic carbocycles. The highest BCUT2D eigenvalue weighted by molar-refractivity contribution is 5.76. The summed E-state index contributed by atoms with van der Waals surface area (Å²) in [5, 5.41) is 0. The summed E-state index contributed by atoms with van der Waals surface area (Å²) in [5.74, 6) is 0.937. The van der Waals surface area contributed by atoms with Crippen LogP contribution in [0, 0.1) is 20.8 Å². The number of carbonyl (C=O) groups is 1. The Kier molecular flexibility index (Phi) is 5.36. The minimum atomic E-state index is 0.0576. The van der Waals surface area contributed by atoms with Gasteiger partial charge in [-0.3, -0.25) is 4.79 Å². The Labute approximate surface area is 115 Å². The number of hydrogen-bond donors (Lipinski definition) is 1. The molecule has 0 unspecified atom stereocenters. The second kappa shape index (κ2) is 6.57. The van der Waals surface area contributed by atoms with Crippen LogP contribution in [-0.4, -0.2) is 31.5 Å². The third kappa shape index (κ3) is 3.47. The SMILES string of the molecule is COc1c(C)c(C)cc(C)c1CN(C)C(=O)CCN. The lowest BCUT2D eigenvalue weighted by Crippen LogP contribution is -2.28. The molecule has 4 nitrogen and oxygen atoms in total. The van der Waals surface area contributed by atoms with E-state index in [1.165, 1.54) is 5.56 Å². The van der Waals surface area contributed by atoms with Gasteiger partial charge in [0, 0.05) is 32.1 Å². The minimum Gasteiger partial charge on any atom is -0.496 e. The van der Waals surface area contributed by atoms with Crippen molar-refractivity contribution in [1.82, 2.24) is 4.90 Å². The van der Waals surface area contributed by atoms with Crippen molar-refractivity contribution in [3.05, 3.63) is 28.3 Å². The summed E-state index contributed by atoms with van der Waals surface area (Å²) in [6.07, 6.45) is 0.378. The summed E-state index contributed by atoms with van der Waals surface area (Å²) in [6.45, 7) is 7.09. The number of benzene rings is 1. The largest absolute Gasteiger partial charge is 0.496 e. The van der Waals surface area contributed by atoms with Crippen molar-refractivity contribution in [2.45, 2.75) is 33.7 Å². The van der Waals surface area contributed by atoms with Crippen molar-refractivity contribution in [3.8, 4) is 5.75 Å². The molecule has 106 valence electrons. The molecule has 1 amide bonds. The third-order valence-corrected chi connectivity index (χ3v) is 3.50. The van der Waals surface area contributed by atoms with Gasteiger partial charge in [0.15, 0.2) is 0 Å². The second-order valence-electron chi connectivity index (χ2n) is 4.94. The van der Waals surface area contributed by atoms with Gasteiger partial charge in [-0.05, 0) is 37.5 Å². The summed E-state index contributed by atoms with van der Waals surface area (Å²) in [5.41, 5.74) is 9.96. The standard InChI is InChI=1S/C15H24N2O2/c1-10-8-11(2)13(15(19-5)12(10)3)9-17(4)14(18)6-7-16/h8H,6-7,9,16H2,1-5H3. The van der Waals surface area contributed by atoms with Gasteiger partial charge in [0.25, 0.3) is 0 Å². The van der Waals surface area contributed by atoms with Gasteiger partial charge < -0.3 is 15.4 Å². The molecule has 2 N–H and O–H groups in total. The molecule has 0 atom stereocenters. The Hall–Kier alpha value is -1.55. The van der Waals surface area contributed by atoms with Crippen molar-refractivity contribution < 1.29 is 9.53 Å². The first kappa shape index (κ1) is 15.5. The molecule has 0 bridgehead atoms. The van der Waals surface area contributed by atoms with Gasteiger partial charge in [0.2, 0.25) is 5.91 Å². The summed E-state index contributed by atoms with van der Waals surface area (Å²) >= 11 is 0. The molecule has 0 fully saturated rings. The minimum absolute atomic E-state index is 0.0576. The predicted octanol–water partition coefficient (Wildman–Crippen LogP) is 1.93. The Balaban J connectivity index is 3.07. The maximum atomic E-state index is 11.8. The quantitative estimate of drug-likeness (QED) is 0.884.